The van der Waals surface area contributed by atoms with Crippen molar-refractivity contribution in [2.75, 3.05) is 7.11 Å². The van der Waals surface area contributed by atoms with Gasteiger partial charge < -0.3 is 4.74 Å². The Bertz CT molecular complexity index is 369. The Balaban J connectivity index is 2.68. The molecule has 0 saturated carbocycles. The second-order valence-electron chi connectivity index (χ2n) is 2.69. The van der Waals surface area contributed by atoms with Crippen LogP contribution < -0.4 is 10.1 Å². The van der Waals surface area contributed by atoms with Crippen molar-refractivity contribution in [3.63, 3.8) is 0 Å². The molecule has 0 aliphatic carbocycles. The van der Waals surface area contributed by atoms with E-state index in [1.807, 2.05) is 0 Å². The summed E-state index contributed by atoms with van der Waals surface area (Å²) in [6.07, 6.45) is 1.77. The van der Waals surface area contributed by atoms with Gasteiger partial charge in [-0.2, -0.15) is 5.26 Å². The molecule has 1 rings (SSSR count). The zero-order chi connectivity index (χ0) is 10.4. The van der Waals surface area contributed by atoms with Crippen LogP contribution in [0.2, 0.25) is 0 Å². The zero-order valence-electron chi connectivity index (χ0n) is 7.78. The van der Waals surface area contributed by atoms with Gasteiger partial charge in [0.05, 0.1) is 13.5 Å². The van der Waals surface area contributed by atoms with Gasteiger partial charge in [-0.15, -0.1) is 0 Å². The summed E-state index contributed by atoms with van der Waals surface area (Å²) in [5.41, 5.74) is 0.817. The van der Waals surface area contributed by atoms with E-state index in [1.54, 1.807) is 37.6 Å². The van der Waals surface area contributed by atoms with Gasteiger partial charge in [-0.05, 0) is 17.7 Å². The van der Waals surface area contributed by atoms with Crippen LogP contribution in [0.25, 0.3) is 0 Å². The number of amides is 1. The maximum Gasteiger partial charge on any atom is 0.237 e. The van der Waals surface area contributed by atoms with E-state index in [2.05, 4.69) is 5.32 Å². The molecule has 0 spiro atoms. The Hall–Kier alpha value is -2.02. The van der Waals surface area contributed by atoms with Crippen molar-refractivity contribution in [2.24, 2.45) is 0 Å². The first kappa shape index (κ1) is 10.1. The summed E-state index contributed by atoms with van der Waals surface area (Å²) < 4.78 is 5.00. The van der Waals surface area contributed by atoms with Gasteiger partial charge in [0.15, 0.2) is 6.19 Å². The van der Waals surface area contributed by atoms with E-state index in [-0.39, 0.29) is 12.3 Å². The van der Waals surface area contributed by atoms with E-state index < -0.39 is 0 Å². The monoisotopic (exact) mass is 190 g/mol. The molecule has 4 nitrogen and oxygen atoms in total. The van der Waals surface area contributed by atoms with Crippen LogP contribution in [0.15, 0.2) is 24.3 Å². The lowest BCUT2D eigenvalue weighted by molar-refractivity contribution is -0.119. The predicted molar refractivity (Wildman–Crippen MR) is 50.5 cm³/mol. The van der Waals surface area contributed by atoms with Crippen molar-refractivity contribution in [3.8, 4) is 11.9 Å². The minimum atomic E-state index is -0.319. The molecule has 0 heterocycles. The third-order valence-electron chi connectivity index (χ3n) is 1.69. The van der Waals surface area contributed by atoms with Gasteiger partial charge in [0.2, 0.25) is 5.91 Å². The summed E-state index contributed by atoms with van der Waals surface area (Å²) in [7, 11) is 1.56. The fourth-order valence-electron chi connectivity index (χ4n) is 1.07. The van der Waals surface area contributed by atoms with Gasteiger partial charge >= 0.3 is 0 Å². The van der Waals surface area contributed by atoms with Crippen LogP contribution in [0, 0.1) is 11.5 Å². The van der Waals surface area contributed by atoms with Crippen LogP contribution in [-0.4, -0.2) is 13.0 Å². The van der Waals surface area contributed by atoms with E-state index in [4.69, 9.17) is 10.00 Å². The molecule has 1 N–H and O–H groups in total. The van der Waals surface area contributed by atoms with Crippen molar-refractivity contribution in [3.05, 3.63) is 29.8 Å². The van der Waals surface area contributed by atoms with E-state index in [0.717, 1.165) is 5.56 Å². The number of carbonyl (C=O) groups excluding carboxylic acids is 1. The first-order valence-corrected chi connectivity index (χ1v) is 4.07. The molecule has 14 heavy (non-hydrogen) atoms. The average Bonchev–Trinajstić information content (AvgIpc) is 2.18. The number of nitrogens with zero attached hydrogens (tertiary/aromatic N) is 1. The quantitative estimate of drug-likeness (QED) is 0.567. The lowest BCUT2D eigenvalue weighted by atomic mass is 10.1. The smallest absolute Gasteiger partial charge is 0.237 e. The van der Waals surface area contributed by atoms with Crippen LogP contribution in [0.5, 0.6) is 5.75 Å². The summed E-state index contributed by atoms with van der Waals surface area (Å²) >= 11 is 0. The number of benzene rings is 1. The highest BCUT2D eigenvalue weighted by Gasteiger charge is 2.02. The maximum absolute atomic E-state index is 11.0. The molecule has 0 fully saturated rings. The van der Waals surface area contributed by atoms with Crippen LogP contribution in [0.4, 0.5) is 0 Å². The molecular weight excluding hydrogens is 180 g/mol. The number of hydrogen-bond acceptors (Lipinski definition) is 3. The number of ether oxygens (including phenoxy) is 1. The molecule has 1 aromatic carbocycles. The van der Waals surface area contributed by atoms with Gasteiger partial charge in [0.25, 0.3) is 0 Å². The third kappa shape index (κ3) is 2.79. The molecule has 0 aromatic heterocycles. The van der Waals surface area contributed by atoms with E-state index in [1.165, 1.54) is 0 Å². The second kappa shape index (κ2) is 4.87. The van der Waals surface area contributed by atoms with E-state index >= 15 is 0 Å². The number of nitrogens with one attached hydrogen (secondary N) is 1. The third-order valence-corrected chi connectivity index (χ3v) is 1.69. The van der Waals surface area contributed by atoms with Gasteiger partial charge in [0, 0.05) is 0 Å². The molecule has 0 atom stereocenters. The number of nitriles is 1. The van der Waals surface area contributed by atoms with Gasteiger partial charge in [0.1, 0.15) is 5.75 Å². The number of methoxy groups -OCH3 is 1. The van der Waals surface area contributed by atoms with Crippen molar-refractivity contribution in [2.45, 2.75) is 6.42 Å². The van der Waals surface area contributed by atoms with Crippen LogP contribution in [0.3, 0.4) is 0 Å². The fourth-order valence-corrected chi connectivity index (χ4v) is 1.07. The van der Waals surface area contributed by atoms with Crippen molar-refractivity contribution in [1.82, 2.24) is 5.32 Å². The topological polar surface area (TPSA) is 62.1 Å². The highest BCUT2D eigenvalue weighted by molar-refractivity contribution is 5.79. The lowest BCUT2D eigenvalue weighted by Crippen LogP contribution is -2.19. The highest BCUT2D eigenvalue weighted by Crippen LogP contribution is 2.12. The molecule has 72 valence electrons. The molecule has 4 heteroatoms. The standard InChI is InChI=1S/C10H10N2O2/c1-14-9-4-2-3-8(5-9)6-10(13)12-7-11/h2-5H,6H2,1H3,(H,12,13). The van der Waals surface area contributed by atoms with E-state index in [0.29, 0.717) is 5.75 Å². The molecule has 0 aliphatic rings. The average molecular weight is 190 g/mol. The Morgan fingerprint density at radius 2 is 2.43 bits per heavy atom. The number of carbonyl (C=O) groups is 1. The molecule has 0 radical (unpaired) electrons. The molecule has 0 aliphatic heterocycles. The van der Waals surface area contributed by atoms with Crippen molar-refractivity contribution < 1.29 is 9.53 Å². The predicted octanol–water partition coefficient (Wildman–Crippen LogP) is 0.835. The maximum atomic E-state index is 11.0. The first-order chi connectivity index (χ1) is 6.76. The Kier molecular flexibility index (Phi) is 3.50. The molecular formula is C10H10N2O2. The summed E-state index contributed by atoms with van der Waals surface area (Å²) in [4.78, 5) is 11.0. The molecule has 0 saturated heterocycles. The molecule has 0 bridgehead atoms. The molecule has 1 aromatic rings. The summed E-state index contributed by atoms with van der Waals surface area (Å²) in [6, 6.07) is 7.16. The lowest BCUT2D eigenvalue weighted by Gasteiger charge is -2.02. The zero-order valence-corrected chi connectivity index (χ0v) is 7.78. The van der Waals surface area contributed by atoms with Crippen molar-refractivity contribution in [1.29, 1.82) is 5.26 Å². The highest BCUT2D eigenvalue weighted by atomic mass is 16.5. The van der Waals surface area contributed by atoms with Crippen LogP contribution in [0.1, 0.15) is 5.56 Å². The Labute approximate surface area is 82.1 Å². The van der Waals surface area contributed by atoms with Crippen molar-refractivity contribution >= 4 is 5.91 Å². The minimum Gasteiger partial charge on any atom is -0.497 e. The molecule has 0 unspecified atom stereocenters. The summed E-state index contributed by atoms with van der Waals surface area (Å²) in [6.45, 7) is 0. The Morgan fingerprint density at radius 3 is 3.07 bits per heavy atom. The first-order valence-electron chi connectivity index (χ1n) is 4.07. The number of rotatable bonds is 3. The Morgan fingerprint density at radius 1 is 1.64 bits per heavy atom. The number of hydrogen-bond donors (Lipinski definition) is 1. The van der Waals surface area contributed by atoms with Crippen LogP contribution >= 0.6 is 0 Å². The minimum absolute atomic E-state index is 0.185. The van der Waals surface area contributed by atoms with Gasteiger partial charge in [-0.25, -0.2) is 0 Å². The summed E-state index contributed by atoms with van der Waals surface area (Å²) in [5, 5.41) is 10.3. The largest absolute Gasteiger partial charge is 0.497 e. The normalized spacial score (nSPS) is 8.86. The van der Waals surface area contributed by atoms with Crippen LogP contribution in [-0.2, 0) is 11.2 Å². The molecule has 1 amide bonds. The SMILES string of the molecule is COc1cccc(CC(=O)NC#N)c1. The second-order valence-corrected chi connectivity index (χ2v) is 2.69. The van der Waals surface area contributed by atoms with Gasteiger partial charge in [-0.3, -0.25) is 10.1 Å². The van der Waals surface area contributed by atoms with Gasteiger partial charge in [-0.1, -0.05) is 12.1 Å². The summed E-state index contributed by atoms with van der Waals surface area (Å²) in [5.74, 6) is 0.382. The van der Waals surface area contributed by atoms with E-state index in [9.17, 15) is 4.79 Å². The fraction of sp³-hybridized carbons (Fsp3) is 0.200.